The van der Waals surface area contributed by atoms with E-state index >= 15 is 0 Å². The lowest BCUT2D eigenvalue weighted by Gasteiger charge is -2.37. The summed E-state index contributed by atoms with van der Waals surface area (Å²) in [5.74, 6) is 0.0923. The van der Waals surface area contributed by atoms with Gasteiger partial charge in [0.25, 0.3) is 0 Å². The Morgan fingerprint density at radius 3 is 2.40 bits per heavy atom. The van der Waals surface area contributed by atoms with Crippen molar-refractivity contribution in [3.8, 4) is 17.2 Å². The number of amides is 1. The van der Waals surface area contributed by atoms with Gasteiger partial charge in [-0.1, -0.05) is 42.5 Å². The second-order valence-corrected chi connectivity index (χ2v) is 7.86. The van der Waals surface area contributed by atoms with E-state index in [0.717, 1.165) is 22.3 Å². The summed E-state index contributed by atoms with van der Waals surface area (Å²) in [5, 5.41) is 9.75. The molecule has 0 bridgehead atoms. The summed E-state index contributed by atoms with van der Waals surface area (Å²) < 4.78 is 11.6. The number of benzene rings is 2. The van der Waals surface area contributed by atoms with Gasteiger partial charge in [0.05, 0.1) is 18.6 Å². The van der Waals surface area contributed by atoms with Crippen LogP contribution in [0.1, 0.15) is 31.4 Å². The molecule has 154 valence electrons. The molecule has 3 rings (SSSR count). The second-order valence-electron chi connectivity index (χ2n) is 7.86. The fourth-order valence-corrected chi connectivity index (χ4v) is 3.92. The van der Waals surface area contributed by atoms with Gasteiger partial charge in [-0.25, -0.2) is 0 Å². The molecule has 1 atom stereocenters. The highest BCUT2D eigenvalue weighted by Crippen LogP contribution is 2.44. The first-order valence-electron chi connectivity index (χ1n) is 9.71. The molecule has 0 saturated heterocycles. The summed E-state index contributed by atoms with van der Waals surface area (Å²) in [6, 6.07) is 18.2. The van der Waals surface area contributed by atoms with Crippen LogP contribution in [0.15, 0.2) is 72.0 Å². The van der Waals surface area contributed by atoms with E-state index in [-0.39, 0.29) is 6.42 Å². The van der Waals surface area contributed by atoms with Crippen LogP contribution in [0.4, 0.5) is 0 Å². The molecule has 0 aromatic heterocycles. The number of carbonyl (C=O) groups is 1. The minimum Gasteiger partial charge on any atom is -0.498 e. The van der Waals surface area contributed by atoms with E-state index in [9.17, 15) is 10.1 Å². The number of hydrogen-bond acceptors (Lipinski definition) is 4. The van der Waals surface area contributed by atoms with Crippen LogP contribution in [0, 0.1) is 11.3 Å². The van der Waals surface area contributed by atoms with Gasteiger partial charge in [0, 0.05) is 19.1 Å². The Morgan fingerprint density at radius 1 is 1.13 bits per heavy atom. The third-order valence-electron chi connectivity index (χ3n) is 5.68. The number of nitrogens with two attached hydrogens (primary N) is 1. The van der Waals surface area contributed by atoms with Crippen LogP contribution in [0.3, 0.4) is 0 Å². The van der Waals surface area contributed by atoms with Gasteiger partial charge in [0.1, 0.15) is 5.76 Å². The molecule has 30 heavy (non-hydrogen) atoms. The van der Waals surface area contributed by atoms with E-state index in [2.05, 4.69) is 6.07 Å². The average molecular weight is 402 g/mol. The van der Waals surface area contributed by atoms with Crippen molar-refractivity contribution in [2.24, 2.45) is 5.73 Å². The summed E-state index contributed by atoms with van der Waals surface area (Å²) in [6.45, 7) is 3.80. The van der Waals surface area contributed by atoms with Gasteiger partial charge in [-0.05, 0) is 54.3 Å². The van der Waals surface area contributed by atoms with Gasteiger partial charge < -0.3 is 15.2 Å². The van der Waals surface area contributed by atoms with Crippen LogP contribution < -0.4 is 5.73 Å². The molecule has 0 fully saturated rings. The molecule has 5 heteroatoms. The molecule has 0 saturated carbocycles. The minimum atomic E-state index is -0.993. The van der Waals surface area contributed by atoms with Crippen molar-refractivity contribution in [3.05, 3.63) is 83.1 Å². The molecular weight excluding hydrogens is 376 g/mol. The maximum Gasteiger partial charge on any atom is 0.244 e. The number of nitriles is 1. The molecule has 1 unspecified atom stereocenters. The van der Waals surface area contributed by atoms with Gasteiger partial charge in [-0.2, -0.15) is 5.26 Å². The first kappa shape index (κ1) is 21.4. The van der Waals surface area contributed by atoms with Crippen molar-refractivity contribution < 1.29 is 14.3 Å². The normalized spacial score (nSPS) is 18.8. The zero-order chi connectivity index (χ0) is 21.9. The topological polar surface area (TPSA) is 85.3 Å². The van der Waals surface area contributed by atoms with Crippen LogP contribution in [0.25, 0.3) is 11.1 Å². The predicted octanol–water partition coefficient (Wildman–Crippen LogP) is 4.34. The highest BCUT2D eigenvalue weighted by atomic mass is 16.5. The van der Waals surface area contributed by atoms with E-state index < -0.39 is 16.9 Å². The Morgan fingerprint density at radius 2 is 1.83 bits per heavy atom. The van der Waals surface area contributed by atoms with Crippen molar-refractivity contribution in [3.63, 3.8) is 0 Å². The lowest BCUT2D eigenvalue weighted by Crippen LogP contribution is -2.36. The summed E-state index contributed by atoms with van der Waals surface area (Å²) in [6.07, 6.45) is 3.65. The van der Waals surface area contributed by atoms with Crippen LogP contribution in [0.5, 0.6) is 0 Å². The predicted molar refractivity (Wildman–Crippen MR) is 116 cm³/mol. The first-order valence-corrected chi connectivity index (χ1v) is 9.71. The fraction of sp³-hybridized carbons (Fsp3) is 0.280. The molecule has 0 radical (unpaired) electrons. The average Bonchev–Trinajstić information content (AvgIpc) is 2.78. The van der Waals surface area contributed by atoms with Gasteiger partial charge in [-0.3, -0.25) is 4.79 Å². The SMILES string of the molecule is COC1=CC=C(C(N)=O)CC1(OC)c1ccc(C(C)(C)C#N)c(-c2ccccc2)c1. The molecule has 2 aromatic carbocycles. The van der Waals surface area contributed by atoms with E-state index in [1.165, 1.54) is 0 Å². The number of nitrogens with zero attached hydrogens (tertiary/aromatic N) is 1. The Balaban J connectivity index is 2.26. The largest absolute Gasteiger partial charge is 0.498 e. The summed E-state index contributed by atoms with van der Waals surface area (Å²) >= 11 is 0. The smallest absolute Gasteiger partial charge is 0.244 e. The number of rotatable bonds is 6. The van der Waals surface area contributed by atoms with Gasteiger partial charge >= 0.3 is 0 Å². The molecule has 0 spiro atoms. The van der Waals surface area contributed by atoms with E-state index in [1.807, 2.05) is 62.4 Å². The lowest BCUT2D eigenvalue weighted by atomic mass is 9.76. The number of allylic oxidation sites excluding steroid dienone is 2. The Kier molecular flexibility index (Phi) is 5.82. The molecule has 1 aliphatic rings. The zero-order valence-corrected chi connectivity index (χ0v) is 17.7. The van der Waals surface area contributed by atoms with E-state index in [0.29, 0.717) is 11.3 Å². The van der Waals surface area contributed by atoms with Crippen LogP contribution in [0.2, 0.25) is 0 Å². The van der Waals surface area contributed by atoms with Gasteiger partial charge in [-0.15, -0.1) is 0 Å². The van der Waals surface area contributed by atoms with Crippen molar-refractivity contribution >= 4 is 5.91 Å². The zero-order valence-electron chi connectivity index (χ0n) is 17.7. The maximum absolute atomic E-state index is 11.9. The monoisotopic (exact) mass is 402 g/mol. The Bertz CT molecular complexity index is 1060. The van der Waals surface area contributed by atoms with Gasteiger partial charge in [0.15, 0.2) is 5.60 Å². The van der Waals surface area contributed by atoms with Crippen molar-refractivity contribution in [1.29, 1.82) is 5.26 Å². The maximum atomic E-state index is 11.9. The molecule has 2 aromatic rings. The summed E-state index contributed by atoms with van der Waals surface area (Å²) in [5.41, 5.74) is 8.00. The van der Waals surface area contributed by atoms with E-state index in [1.54, 1.807) is 26.4 Å². The second kappa shape index (κ2) is 8.17. The molecule has 1 aliphatic carbocycles. The van der Waals surface area contributed by atoms with Gasteiger partial charge in [0.2, 0.25) is 5.91 Å². The van der Waals surface area contributed by atoms with Crippen LogP contribution in [-0.4, -0.2) is 20.1 Å². The molecule has 0 aliphatic heterocycles. The molecule has 0 heterocycles. The minimum absolute atomic E-state index is 0.258. The highest BCUT2D eigenvalue weighted by molar-refractivity contribution is 5.93. The summed E-state index contributed by atoms with van der Waals surface area (Å²) in [7, 11) is 3.17. The number of methoxy groups -OCH3 is 2. The van der Waals surface area contributed by atoms with Crippen molar-refractivity contribution in [2.75, 3.05) is 14.2 Å². The Hall–Kier alpha value is -3.36. The fourth-order valence-electron chi connectivity index (χ4n) is 3.92. The number of ether oxygens (including phenoxy) is 2. The number of primary amides is 1. The molecule has 1 amide bonds. The molecule has 5 nitrogen and oxygen atoms in total. The van der Waals surface area contributed by atoms with Crippen LogP contribution in [-0.2, 0) is 25.3 Å². The van der Waals surface area contributed by atoms with E-state index in [4.69, 9.17) is 15.2 Å². The third kappa shape index (κ3) is 3.62. The summed E-state index contributed by atoms with van der Waals surface area (Å²) in [4.78, 5) is 11.9. The quantitative estimate of drug-likeness (QED) is 0.779. The molecule has 2 N–H and O–H groups in total. The highest BCUT2D eigenvalue weighted by Gasteiger charge is 2.42. The standard InChI is InChI=1S/C25H26N2O3/c1-24(2,16-26)21-12-11-19(14-20(21)17-8-6-5-7-9-17)25(30-4)15-18(23(27)28)10-13-22(25)29-3/h5-14H,15H2,1-4H3,(H2,27,28). The first-order chi connectivity index (χ1) is 14.3. The Labute approximate surface area is 177 Å². The third-order valence-corrected chi connectivity index (χ3v) is 5.68. The van der Waals surface area contributed by atoms with Crippen molar-refractivity contribution in [2.45, 2.75) is 31.3 Å². The molecular formula is C25H26N2O3. The number of carbonyl (C=O) groups excluding carboxylic acids is 1. The van der Waals surface area contributed by atoms with Crippen molar-refractivity contribution in [1.82, 2.24) is 0 Å². The number of hydrogen-bond donors (Lipinski definition) is 1. The van der Waals surface area contributed by atoms with Crippen LogP contribution >= 0.6 is 0 Å². The lowest BCUT2D eigenvalue weighted by molar-refractivity contribution is -0.115.